The molecule has 172 valence electrons. The van der Waals surface area contributed by atoms with Gasteiger partial charge < -0.3 is 10.1 Å². The number of carbonyl (C=O) groups excluding carboxylic acids is 1. The topological polar surface area (TPSA) is 44.8 Å². The van der Waals surface area contributed by atoms with Crippen molar-refractivity contribution >= 4 is 11.6 Å². The minimum atomic E-state index is -0.289. The molecule has 7 heteroatoms. The summed E-state index contributed by atoms with van der Waals surface area (Å²) in [6.45, 7) is 3.14. The van der Waals surface area contributed by atoms with Crippen LogP contribution in [0.2, 0.25) is 0 Å². The lowest BCUT2D eigenvalue weighted by molar-refractivity contribution is -0.117. The van der Waals surface area contributed by atoms with Crippen LogP contribution in [0.4, 0.5) is 14.5 Å². The van der Waals surface area contributed by atoms with Crippen LogP contribution >= 0.6 is 0 Å². The van der Waals surface area contributed by atoms with Gasteiger partial charge in [-0.15, -0.1) is 0 Å². The van der Waals surface area contributed by atoms with Gasteiger partial charge in [0.15, 0.2) is 0 Å². The van der Waals surface area contributed by atoms with Gasteiger partial charge in [-0.25, -0.2) is 8.78 Å². The molecule has 3 aromatic carbocycles. The first-order valence-corrected chi connectivity index (χ1v) is 10.9. The summed E-state index contributed by atoms with van der Waals surface area (Å²) in [5, 5.41) is 2.91. The SMILES string of the molecule is COc1ccccc1NC(=O)CN1CCN(C(c2ccc(F)cc2)c2ccc(F)cc2)CC1. The largest absolute Gasteiger partial charge is 0.495 e. The van der Waals surface area contributed by atoms with E-state index in [1.807, 2.05) is 18.2 Å². The Balaban J connectivity index is 1.41. The van der Waals surface area contributed by atoms with E-state index in [1.54, 1.807) is 37.4 Å². The third-order valence-electron chi connectivity index (χ3n) is 5.89. The highest BCUT2D eigenvalue weighted by Crippen LogP contribution is 2.30. The van der Waals surface area contributed by atoms with Crippen molar-refractivity contribution < 1.29 is 18.3 Å². The van der Waals surface area contributed by atoms with Gasteiger partial charge in [0, 0.05) is 26.2 Å². The lowest BCUT2D eigenvalue weighted by atomic mass is 9.96. The fraction of sp³-hybridized carbons (Fsp3) is 0.269. The maximum Gasteiger partial charge on any atom is 0.238 e. The van der Waals surface area contributed by atoms with Crippen LogP contribution in [0.25, 0.3) is 0 Å². The van der Waals surface area contributed by atoms with Gasteiger partial charge in [0.1, 0.15) is 17.4 Å². The number of hydrogen-bond donors (Lipinski definition) is 1. The van der Waals surface area contributed by atoms with Crippen LogP contribution in [0.1, 0.15) is 17.2 Å². The van der Waals surface area contributed by atoms with E-state index in [0.717, 1.165) is 24.2 Å². The fourth-order valence-electron chi connectivity index (χ4n) is 4.22. The molecule has 33 heavy (non-hydrogen) atoms. The van der Waals surface area contributed by atoms with Crippen molar-refractivity contribution in [3.05, 3.63) is 95.6 Å². The van der Waals surface area contributed by atoms with Crippen LogP contribution in [-0.2, 0) is 4.79 Å². The lowest BCUT2D eigenvalue weighted by Crippen LogP contribution is -2.49. The number of rotatable bonds is 7. The number of piperazine rings is 1. The molecule has 1 saturated heterocycles. The van der Waals surface area contributed by atoms with Crippen LogP contribution in [0.15, 0.2) is 72.8 Å². The molecule has 5 nitrogen and oxygen atoms in total. The maximum absolute atomic E-state index is 13.5. The van der Waals surface area contributed by atoms with Gasteiger partial charge in [-0.3, -0.25) is 14.6 Å². The molecule has 0 aliphatic carbocycles. The number of amides is 1. The van der Waals surface area contributed by atoms with E-state index in [2.05, 4.69) is 15.1 Å². The van der Waals surface area contributed by atoms with Crippen molar-refractivity contribution in [3.8, 4) is 5.75 Å². The zero-order valence-electron chi connectivity index (χ0n) is 18.5. The third-order valence-corrected chi connectivity index (χ3v) is 5.89. The number of nitrogens with one attached hydrogen (secondary N) is 1. The zero-order valence-corrected chi connectivity index (χ0v) is 18.5. The molecule has 0 aromatic heterocycles. The molecule has 1 fully saturated rings. The molecule has 0 radical (unpaired) electrons. The summed E-state index contributed by atoms with van der Waals surface area (Å²) < 4.78 is 32.3. The van der Waals surface area contributed by atoms with Crippen LogP contribution in [0, 0.1) is 11.6 Å². The molecule has 1 heterocycles. The fourth-order valence-corrected chi connectivity index (χ4v) is 4.22. The highest BCUT2D eigenvalue weighted by Gasteiger charge is 2.27. The van der Waals surface area contributed by atoms with E-state index in [1.165, 1.54) is 24.3 Å². The number of para-hydroxylation sites is 2. The van der Waals surface area contributed by atoms with E-state index in [-0.39, 0.29) is 30.1 Å². The minimum Gasteiger partial charge on any atom is -0.495 e. The molecule has 0 saturated carbocycles. The van der Waals surface area contributed by atoms with E-state index < -0.39 is 0 Å². The predicted molar refractivity (Wildman–Crippen MR) is 124 cm³/mol. The van der Waals surface area contributed by atoms with Gasteiger partial charge >= 0.3 is 0 Å². The summed E-state index contributed by atoms with van der Waals surface area (Å²) in [6.07, 6.45) is 0. The lowest BCUT2D eigenvalue weighted by Gasteiger charge is -2.39. The van der Waals surface area contributed by atoms with E-state index in [4.69, 9.17) is 4.74 Å². The summed E-state index contributed by atoms with van der Waals surface area (Å²) in [4.78, 5) is 17.0. The van der Waals surface area contributed by atoms with Crippen molar-refractivity contribution in [2.24, 2.45) is 0 Å². The Morgan fingerprint density at radius 3 is 1.97 bits per heavy atom. The highest BCUT2D eigenvalue weighted by atomic mass is 19.1. The Morgan fingerprint density at radius 1 is 0.879 bits per heavy atom. The Labute approximate surface area is 192 Å². The van der Waals surface area contributed by atoms with Crippen molar-refractivity contribution in [2.75, 3.05) is 45.2 Å². The average Bonchev–Trinajstić information content (AvgIpc) is 2.83. The first kappa shape index (κ1) is 22.9. The molecule has 1 amide bonds. The molecule has 1 aliphatic heterocycles. The molecular formula is C26H27F2N3O2. The van der Waals surface area contributed by atoms with Gasteiger partial charge in [0.05, 0.1) is 25.4 Å². The predicted octanol–water partition coefficient (Wildman–Crippen LogP) is 4.32. The van der Waals surface area contributed by atoms with Gasteiger partial charge in [0.2, 0.25) is 5.91 Å². The number of ether oxygens (including phenoxy) is 1. The second-order valence-electron chi connectivity index (χ2n) is 8.07. The standard InChI is InChI=1S/C26H27F2N3O2/c1-33-24-5-3-2-4-23(24)29-25(32)18-30-14-16-31(17-15-30)26(19-6-10-21(27)11-7-19)20-8-12-22(28)13-9-20/h2-13,26H,14-18H2,1H3,(H,29,32). The van der Waals surface area contributed by atoms with Gasteiger partial charge in [-0.2, -0.15) is 0 Å². The van der Waals surface area contributed by atoms with Crippen LogP contribution < -0.4 is 10.1 Å². The molecule has 3 aromatic rings. The number of anilines is 1. The third kappa shape index (κ3) is 5.74. The van der Waals surface area contributed by atoms with E-state index >= 15 is 0 Å². The quantitative estimate of drug-likeness (QED) is 0.581. The highest BCUT2D eigenvalue weighted by molar-refractivity contribution is 5.93. The van der Waals surface area contributed by atoms with Crippen LogP contribution in [-0.4, -0.2) is 55.5 Å². The second kappa shape index (κ2) is 10.6. The van der Waals surface area contributed by atoms with Crippen molar-refractivity contribution in [2.45, 2.75) is 6.04 Å². The van der Waals surface area contributed by atoms with Crippen molar-refractivity contribution in [1.29, 1.82) is 0 Å². The van der Waals surface area contributed by atoms with Crippen molar-refractivity contribution in [3.63, 3.8) is 0 Å². The smallest absolute Gasteiger partial charge is 0.238 e. The van der Waals surface area contributed by atoms with E-state index in [0.29, 0.717) is 24.5 Å². The van der Waals surface area contributed by atoms with Crippen LogP contribution in [0.3, 0.4) is 0 Å². The Hall–Kier alpha value is -3.29. The summed E-state index contributed by atoms with van der Waals surface area (Å²) >= 11 is 0. The minimum absolute atomic E-state index is 0.0958. The first-order valence-electron chi connectivity index (χ1n) is 10.9. The monoisotopic (exact) mass is 451 g/mol. The number of benzene rings is 3. The average molecular weight is 452 g/mol. The van der Waals surface area contributed by atoms with Gasteiger partial charge in [-0.05, 0) is 47.5 Å². The van der Waals surface area contributed by atoms with Gasteiger partial charge in [0.25, 0.3) is 0 Å². The van der Waals surface area contributed by atoms with Crippen LogP contribution in [0.5, 0.6) is 5.75 Å². The Morgan fingerprint density at radius 2 is 1.42 bits per heavy atom. The molecule has 0 unspecified atom stereocenters. The summed E-state index contributed by atoms with van der Waals surface area (Å²) in [5.41, 5.74) is 2.55. The number of hydrogen-bond acceptors (Lipinski definition) is 4. The summed E-state index contributed by atoms with van der Waals surface area (Å²) in [7, 11) is 1.57. The summed E-state index contributed by atoms with van der Waals surface area (Å²) in [5.74, 6) is -0.0522. The number of methoxy groups -OCH3 is 1. The molecule has 0 bridgehead atoms. The second-order valence-corrected chi connectivity index (χ2v) is 8.07. The first-order chi connectivity index (χ1) is 16.0. The number of nitrogens with zero attached hydrogens (tertiary/aromatic N) is 2. The molecule has 1 aliphatic rings. The molecule has 0 spiro atoms. The molecule has 1 N–H and O–H groups in total. The molecular weight excluding hydrogens is 424 g/mol. The Bertz CT molecular complexity index is 1020. The molecule has 0 atom stereocenters. The number of halogens is 2. The maximum atomic E-state index is 13.5. The number of carbonyl (C=O) groups is 1. The van der Waals surface area contributed by atoms with Gasteiger partial charge in [-0.1, -0.05) is 36.4 Å². The zero-order chi connectivity index (χ0) is 23.2. The Kier molecular flexibility index (Phi) is 7.32. The molecule has 4 rings (SSSR count). The normalized spacial score (nSPS) is 14.9. The summed E-state index contributed by atoms with van der Waals surface area (Å²) in [6, 6.07) is 20.1. The van der Waals surface area contributed by atoms with Crippen molar-refractivity contribution in [1.82, 2.24) is 9.80 Å². The van der Waals surface area contributed by atoms with E-state index in [9.17, 15) is 13.6 Å².